The van der Waals surface area contributed by atoms with Crippen LogP contribution in [0.5, 0.6) is 0 Å². The molecule has 0 spiro atoms. The second-order valence-corrected chi connectivity index (χ2v) is 8.71. The molecule has 126 valence electrons. The summed E-state index contributed by atoms with van der Waals surface area (Å²) in [5.74, 6) is 2.11. The van der Waals surface area contributed by atoms with Crippen molar-refractivity contribution in [3.8, 4) is 0 Å². The van der Waals surface area contributed by atoms with Crippen LogP contribution in [0.4, 0.5) is 0 Å². The van der Waals surface area contributed by atoms with Crippen LogP contribution < -0.4 is 5.73 Å². The third kappa shape index (κ3) is 2.22. The molecular weight excluding hydrogens is 291 g/mol. The molecule has 5 rings (SSSR count). The Morgan fingerprint density at radius 3 is 2.22 bits per heavy atom. The molecule has 4 fully saturated rings. The Hall–Kier alpha value is -0.845. The number of rotatable bonds is 3. The number of carbonyl (C=O) groups excluding carboxylic acids is 1. The van der Waals surface area contributed by atoms with Gasteiger partial charge in [-0.2, -0.15) is 0 Å². The molecule has 5 nitrogen and oxygen atoms in total. The first-order valence-electron chi connectivity index (χ1n) is 8.95. The van der Waals surface area contributed by atoms with Gasteiger partial charge < -0.3 is 20.7 Å². The van der Waals surface area contributed by atoms with Gasteiger partial charge in [0.15, 0.2) is 0 Å². The number of nitrogens with zero attached hydrogens (tertiary/aromatic N) is 1. The van der Waals surface area contributed by atoms with Crippen LogP contribution in [-0.4, -0.2) is 46.0 Å². The topological polar surface area (TPSA) is 86.8 Å². The van der Waals surface area contributed by atoms with Crippen molar-refractivity contribution < 1.29 is 14.8 Å². The predicted molar refractivity (Wildman–Crippen MR) is 88.0 cm³/mol. The summed E-state index contributed by atoms with van der Waals surface area (Å²) in [6, 6.07) is -0.520. The number of carbonyl (C=O) groups is 1. The van der Waals surface area contributed by atoms with Crippen molar-refractivity contribution in [2.24, 2.45) is 28.9 Å². The maximum Gasteiger partial charge on any atom is 0.483 e. The average Bonchev–Trinajstić information content (AvgIpc) is 2.87. The second kappa shape index (κ2) is 5.07. The van der Waals surface area contributed by atoms with E-state index in [0.29, 0.717) is 6.54 Å². The normalized spacial score (nSPS) is 45.6. The summed E-state index contributed by atoms with van der Waals surface area (Å²) in [5.41, 5.74) is 5.42. The molecule has 4 bridgehead atoms. The van der Waals surface area contributed by atoms with Gasteiger partial charge in [0, 0.05) is 6.54 Å². The van der Waals surface area contributed by atoms with E-state index in [0.717, 1.165) is 37.0 Å². The van der Waals surface area contributed by atoms with Gasteiger partial charge in [0.25, 0.3) is 0 Å². The van der Waals surface area contributed by atoms with Crippen LogP contribution in [0.3, 0.4) is 0 Å². The molecule has 5 aliphatic rings. The highest BCUT2D eigenvalue weighted by atomic mass is 16.4. The Balaban J connectivity index is 1.57. The van der Waals surface area contributed by atoms with Crippen molar-refractivity contribution in [3.05, 3.63) is 12.2 Å². The molecule has 0 radical (unpaired) electrons. The Morgan fingerprint density at radius 2 is 1.74 bits per heavy atom. The van der Waals surface area contributed by atoms with Crippen LogP contribution in [0, 0.1) is 23.2 Å². The number of amides is 1. The maximum atomic E-state index is 13.1. The Morgan fingerprint density at radius 1 is 1.22 bits per heavy atom. The van der Waals surface area contributed by atoms with E-state index in [1.165, 1.54) is 19.3 Å². The van der Waals surface area contributed by atoms with E-state index < -0.39 is 18.6 Å². The highest BCUT2D eigenvalue weighted by Crippen LogP contribution is 2.61. The van der Waals surface area contributed by atoms with Gasteiger partial charge in [-0.25, -0.2) is 0 Å². The molecule has 4 saturated carbocycles. The highest BCUT2D eigenvalue weighted by Gasteiger charge is 2.57. The minimum absolute atomic E-state index is 0.0598. The first-order valence-corrected chi connectivity index (χ1v) is 8.95. The molecule has 1 heterocycles. The second-order valence-electron chi connectivity index (χ2n) is 8.71. The van der Waals surface area contributed by atoms with Crippen LogP contribution >= 0.6 is 0 Å². The molecule has 0 aromatic rings. The van der Waals surface area contributed by atoms with E-state index in [9.17, 15) is 14.8 Å². The molecule has 0 aromatic heterocycles. The molecule has 2 atom stereocenters. The minimum Gasteiger partial charge on any atom is -0.425 e. The van der Waals surface area contributed by atoms with Gasteiger partial charge in [0.1, 0.15) is 0 Å². The quantitative estimate of drug-likeness (QED) is 0.528. The largest absolute Gasteiger partial charge is 0.483 e. The Bertz CT molecular complexity index is 515. The minimum atomic E-state index is -1.59. The summed E-state index contributed by atoms with van der Waals surface area (Å²) in [6.07, 6.45) is 10.7. The summed E-state index contributed by atoms with van der Waals surface area (Å²) in [6.45, 7) is 2.10. The van der Waals surface area contributed by atoms with E-state index in [1.54, 1.807) is 17.9 Å². The van der Waals surface area contributed by atoms with Crippen LogP contribution in [0.2, 0.25) is 0 Å². The molecule has 1 unspecified atom stereocenters. The van der Waals surface area contributed by atoms with E-state index >= 15 is 0 Å². The zero-order valence-corrected chi connectivity index (χ0v) is 13.8. The molecule has 4 aliphatic carbocycles. The van der Waals surface area contributed by atoms with Crippen LogP contribution in [0.1, 0.15) is 45.4 Å². The Kier molecular flexibility index (Phi) is 3.46. The third-order valence-electron chi connectivity index (χ3n) is 7.13. The predicted octanol–water partition coefficient (Wildman–Crippen LogP) is 0.699. The number of hydrogen-bond donors (Lipinski definition) is 3. The SMILES string of the molecule is CC1(B(O)O)C=CCN1C(=O)[C@@H](N)C12CC3CC(CC(C3)C1)C2. The fraction of sp³-hybridized carbons (Fsp3) is 0.824. The molecule has 4 N–H and O–H groups in total. The lowest BCUT2D eigenvalue weighted by Crippen LogP contribution is -2.64. The van der Waals surface area contributed by atoms with Crippen LogP contribution in [-0.2, 0) is 4.79 Å². The van der Waals surface area contributed by atoms with E-state index in [2.05, 4.69) is 0 Å². The summed E-state index contributed by atoms with van der Waals surface area (Å²) in [4.78, 5) is 14.7. The van der Waals surface area contributed by atoms with Gasteiger partial charge >= 0.3 is 7.12 Å². The molecule has 1 aliphatic heterocycles. The van der Waals surface area contributed by atoms with Crippen molar-refractivity contribution in [1.29, 1.82) is 0 Å². The van der Waals surface area contributed by atoms with Gasteiger partial charge in [0.05, 0.1) is 11.5 Å². The summed E-state index contributed by atoms with van der Waals surface area (Å²) in [7, 11) is -1.59. The standard InChI is InChI=1S/C17H27BN2O3/c1-16(18(22)23)3-2-4-20(16)15(21)14(19)17-8-11-5-12(9-17)7-13(6-11)10-17/h2-3,11-14,22-23H,4-10,19H2,1H3/t11?,12?,13?,14-,16?,17?/m1/s1. The lowest BCUT2D eigenvalue weighted by Gasteiger charge is -2.59. The molecule has 23 heavy (non-hydrogen) atoms. The molecule has 0 aromatic carbocycles. The maximum absolute atomic E-state index is 13.1. The van der Waals surface area contributed by atoms with Crippen molar-refractivity contribution in [3.63, 3.8) is 0 Å². The summed E-state index contributed by atoms with van der Waals surface area (Å²) < 4.78 is 0. The monoisotopic (exact) mass is 318 g/mol. The Labute approximate surface area is 138 Å². The van der Waals surface area contributed by atoms with Crippen molar-refractivity contribution in [2.45, 2.75) is 56.9 Å². The van der Waals surface area contributed by atoms with Crippen molar-refractivity contribution in [1.82, 2.24) is 4.90 Å². The van der Waals surface area contributed by atoms with Crippen LogP contribution in [0.25, 0.3) is 0 Å². The zero-order valence-electron chi connectivity index (χ0n) is 13.8. The first-order chi connectivity index (χ1) is 10.8. The fourth-order valence-electron chi connectivity index (χ4n) is 6.22. The summed E-state index contributed by atoms with van der Waals surface area (Å²) >= 11 is 0. The third-order valence-corrected chi connectivity index (χ3v) is 7.13. The molecule has 0 saturated heterocycles. The zero-order chi connectivity index (χ0) is 16.4. The number of hydrogen-bond acceptors (Lipinski definition) is 4. The van der Waals surface area contributed by atoms with Gasteiger partial charge in [-0.15, -0.1) is 0 Å². The van der Waals surface area contributed by atoms with Gasteiger partial charge in [-0.1, -0.05) is 12.2 Å². The average molecular weight is 318 g/mol. The number of nitrogens with two attached hydrogens (primary N) is 1. The first kappa shape index (κ1) is 15.7. The van der Waals surface area contributed by atoms with E-state index in [-0.39, 0.29) is 11.3 Å². The lowest BCUT2D eigenvalue weighted by molar-refractivity contribution is -0.144. The van der Waals surface area contributed by atoms with Gasteiger partial charge in [-0.3, -0.25) is 4.79 Å². The molecular formula is C17H27BN2O3. The van der Waals surface area contributed by atoms with Crippen molar-refractivity contribution in [2.75, 3.05) is 6.54 Å². The van der Waals surface area contributed by atoms with Crippen molar-refractivity contribution >= 4 is 13.0 Å². The van der Waals surface area contributed by atoms with Crippen LogP contribution in [0.15, 0.2) is 12.2 Å². The lowest BCUT2D eigenvalue weighted by atomic mass is 9.47. The molecule has 6 heteroatoms. The van der Waals surface area contributed by atoms with E-state index in [4.69, 9.17) is 5.73 Å². The molecule has 1 amide bonds. The van der Waals surface area contributed by atoms with Gasteiger partial charge in [-0.05, 0) is 68.6 Å². The fourth-order valence-corrected chi connectivity index (χ4v) is 6.22. The van der Waals surface area contributed by atoms with Gasteiger partial charge in [0.2, 0.25) is 5.91 Å². The smallest absolute Gasteiger partial charge is 0.425 e. The summed E-state index contributed by atoms with van der Waals surface area (Å²) in [5, 5.41) is 19.4. The van der Waals surface area contributed by atoms with E-state index in [1.807, 2.05) is 6.08 Å². The highest BCUT2D eigenvalue weighted by molar-refractivity contribution is 6.47.